The molecule has 2 aromatic rings. The van der Waals surface area contributed by atoms with E-state index in [4.69, 9.17) is 21.1 Å². The molecular formula is C24H24BrClN2O6. The van der Waals surface area contributed by atoms with Crippen molar-refractivity contribution in [3.63, 3.8) is 0 Å². The number of fused-ring (bicyclic) bond motifs is 1. The van der Waals surface area contributed by atoms with E-state index in [1.165, 1.54) is 19.1 Å². The van der Waals surface area contributed by atoms with Gasteiger partial charge in [0, 0.05) is 22.0 Å². The summed E-state index contributed by atoms with van der Waals surface area (Å²) in [6, 6.07) is 9.61. The lowest BCUT2D eigenvalue weighted by Crippen LogP contribution is -2.66. The fourth-order valence-corrected chi connectivity index (χ4v) is 4.62. The molecule has 1 aliphatic heterocycles. The second-order valence-corrected chi connectivity index (χ2v) is 10.1. The van der Waals surface area contributed by atoms with E-state index in [-0.39, 0.29) is 11.3 Å². The molecule has 1 heterocycles. The van der Waals surface area contributed by atoms with E-state index >= 15 is 0 Å². The highest BCUT2D eigenvalue weighted by Gasteiger charge is 2.65. The van der Waals surface area contributed by atoms with Gasteiger partial charge in [0.2, 0.25) is 17.2 Å². The van der Waals surface area contributed by atoms with Crippen molar-refractivity contribution in [1.82, 2.24) is 5.32 Å². The van der Waals surface area contributed by atoms with Gasteiger partial charge in [0.15, 0.2) is 0 Å². The normalized spacial score (nSPS) is 18.2. The first-order chi connectivity index (χ1) is 15.8. The minimum atomic E-state index is -2.29. The molecule has 3 rings (SSSR count). The number of benzene rings is 2. The van der Waals surface area contributed by atoms with Gasteiger partial charge in [-0.2, -0.15) is 0 Å². The molecular weight excluding hydrogens is 528 g/mol. The highest BCUT2D eigenvalue weighted by atomic mass is 79.9. The molecule has 0 aliphatic carbocycles. The van der Waals surface area contributed by atoms with Crippen LogP contribution in [0.1, 0.15) is 49.7 Å². The largest absolute Gasteiger partial charge is 0.467 e. The Morgan fingerprint density at radius 3 is 2.38 bits per heavy atom. The topological polar surface area (TPSA) is 102 Å². The van der Waals surface area contributed by atoms with Gasteiger partial charge in [0.1, 0.15) is 5.60 Å². The Kier molecular flexibility index (Phi) is 7.10. The minimum Gasteiger partial charge on any atom is -0.467 e. The van der Waals surface area contributed by atoms with Gasteiger partial charge in [-0.15, -0.1) is 0 Å². The third-order valence-corrected chi connectivity index (χ3v) is 5.94. The van der Waals surface area contributed by atoms with Crippen molar-refractivity contribution in [2.75, 3.05) is 12.0 Å². The van der Waals surface area contributed by atoms with Gasteiger partial charge in [-0.3, -0.25) is 14.5 Å². The predicted octanol–water partition coefficient (Wildman–Crippen LogP) is 4.83. The molecule has 0 bridgehead atoms. The van der Waals surface area contributed by atoms with Gasteiger partial charge >= 0.3 is 12.1 Å². The molecule has 0 spiro atoms. The van der Waals surface area contributed by atoms with Gasteiger partial charge in [0.05, 0.1) is 18.8 Å². The Bertz CT molecular complexity index is 1180. The number of amides is 2. The van der Waals surface area contributed by atoms with Crippen LogP contribution >= 0.6 is 27.5 Å². The van der Waals surface area contributed by atoms with Crippen LogP contribution in [0, 0.1) is 0 Å². The first kappa shape index (κ1) is 25.7. The molecule has 0 aromatic heterocycles. The first-order valence-corrected chi connectivity index (χ1v) is 11.5. The average Bonchev–Trinajstić information content (AvgIpc) is 2.99. The van der Waals surface area contributed by atoms with E-state index in [1.807, 2.05) is 0 Å². The number of methoxy groups -OCH3 is 1. The standard InChI is InChI=1S/C24H24BrClN2O6/c1-13(29)28-18-10-9-15(25)12-17(18)20(30)24(28,21(31)33-5)19(14-7-6-8-16(26)11-14)27-22(32)34-23(2,3)4/h6-12,19H,1-5H3,(H,27,32)/t19-,24+/m0/s1. The SMILES string of the molecule is COC(=O)[C@@]1([C@@H](NC(=O)OC(C)(C)C)c2cccc(Cl)c2)C(=O)c2cc(Br)ccc2N1C(C)=O. The lowest BCUT2D eigenvalue weighted by molar-refractivity contribution is -0.147. The number of halogens is 2. The number of nitrogens with one attached hydrogen (secondary N) is 1. The van der Waals surface area contributed by atoms with Gasteiger partial charge < -0.3 is 14.8 Å². The van der Waals surface area contributed by atoms with Crippen LogP contribution in [0.15, 0.2) is 46.9 Å². The number of alkyl carbamates (subject to hydrolysis) is 1. The van der Waals surface area contributed by atoms with Crippen molar-refractivity contribution < 1.29 is 28.7 Å². The zero-order chi connectivity index (χ0) is 25.4. The second kappa shape index (κ2) is 9.38. The zero-order valence-corrected chi connectivity index (χ0v) is 21.6. The molecule has 1 aliphatic rings. The minimum absolute atomic E-state index is 0.119. The van der Waals surface area contributed by atoms with E-state index < -0.39 is 40.9 Å². The smallest absolute Gasteiger partial charge is 0.408 e. The summed E-state index contributed by atoms with van der Waals surface area (Å²) in [7, 11) is 1.11. The third kappa shape index (κ3) is 4.54. The molecule has 0 unspecified atom stereocenters. The van der Waals surface area contributed by atoms with Crippen molar-refractivity contribution in [3.05, 3.63) is 63.1 Å². The number of ketones is 1. The number of ether oxygens (including phenoxy) is 2. The zero-order valence-electron chi connectivity index (χ0n) is 19.3. The summed E-state index contributed by atoms with van der Waals surface area (Å²) in [6.45, 7) is 6.25. The van der Waals surface area contributed by atoms with Gasteiger partial charge in [0.25, 0.3) is 0 Å². The fourth-order valence-electron chi connectivity index (χ4n) is 4.06. The van der Waals surface area contributed by atoms with Crippen LogP contribution in [0.3, 0.4) is 0 Å². The summed E-state index contributed by atoms with van der Waals surface area (Å²) in [5.41, 5.74) is -2.52. The molecule has 2 amide bonds. The van der Waals surface area contributed by atoms with Crippen LogP contribution < -0.4 is 10.2 Å². The van der Waals surface area contributed by atoms with Crippen molar-refractivity contribution in [2.24, 2.45) is 0 Å². The lowest BCUT2D eigenvalue weighted by atomic mass is 9.80. The maximum absolute atomic E-state index is 14.0. The molecule has 0 radical (unpaired) electrons. The third-order valence-electron chi connectivity index (χ3n) is 5.22. The summed E-state index contributed by atoms with van der Waals surface area (Å²) in [5, 5.41) is 2.93. The van der Waals surface area contributed by atoms with E-state index in [0.717, 1.165) is 12.0 Å². The molecule has 0 saturated carbocycles. The van der Waals surface area contributed by atoms with E-state index in [1.54, 1.807) is 51.1 Å². The van der Waals surface area contributed by atoms with E-state index in [2.05, 4.69) is 21.2 Å². The molecule has 10 heteroatoms. The number of hydrogen-bond acceptors (Lipinski definition) is 6. The number of anilines is 1. The number of esters is 1. The second-order valence-electron chi connectivity index (χ2n) is 8.74. The van der Waals surface area contributed by atoms with Crippen LogP contribution in [0.4, 0.5) is 10.5 Å². The number of nitrogens with zero attached hydrogens (tertiary/aromatic N) is 1. The highest BCUT2D eigenvalue weighted by Crippen LogP contribution is 2.47. The number of carbonyl (C=O) groups excluding carboxylic acids is 4. The Hall–Kier alpha value is -2.91. The van der Waals surface area contributed by atoms with Crippen molar-refractivity contribution in [2.45, 2.75) is 44.9 Å². The Balaban J connectivity index is 2.33. The first-order valence-electron chi connectivity index (χ1n) is 10.3. The number of carbonyl (C=O) groups is 4. The fraction of sp³-hybridized carbons (Fsp3) is 0.333. The molecule has 0 fully saturated rings. The van der Waals surface area contributed by atoms with Crippen LogP contribution in [0.25, 0.3) is 0 Å². The van der Waals surface area contributed by atoms with Crippen molar-refractivity contribution in [3.8, 4) is 0 Å². The molecule has 34 heavy (non-hydrogen) atoms. The molecule has 1 N–H and O–H groups in total. The summed E-state index contributed by atoms with van der Waals surface area (Å²) in [5.74, 6) is -2.34. The predicted molar refractivity (Wildman–Crippen MR) is 130 cm³/mol. The maximum atomic E-state index is 14.0. The van der Waals surface area contributed by atoms with Gasteiger partial charge in [-0.05, 0) is 56.7 Å². The van der Waals surface area contributed by atoms with Crippen molar-refractivity contribution in [1.29, 1.82) is 0 Å². The average molecular weight is 552 g/mol. The molecule has 2 atom stereocenters. The van der Waals surface area contributed by atoms with E-state index in [0.29, 0.717) is 15.1 Å². The van der Waals surface area contributed by atoms with Crippen LogP contribution in [0.2, 0.25) is 5.02 Å². The summed E-state index contributed by atoms with van der Waals surface area (Å²) in [4.78, 5) is 54.5. The van der Waals surface area contributed by atoms with Crippen LogP contribution in [-0.4, -0.2) is 42.0 Å². The van der Waals surface area contributed by atoms with Crippen molar-refractivity contribution >= 4 is 57.0 Å². The monoisotopic (exact) mass is 550 g/mol. The Morgan fingerprint density at radius 1 is 1.15 bits per heavy atom. The molecule has 2 aromatic carbocycles. The quantitative estimate of drug-likeness (QED) is 0.431. The highest BCUT2D eigenvalue weighted by molar-refractivity contribution is 9.10. The van der Waals surface area contributed by atoms with Crippen LogP contribution in [-0.2, 0) is 19.1 Å². The number of Topliss-reactive ketones (excluding diaryl/α,β-unsaturated/α-hetero) is 1. The summed E-state index contributed by atoms with van der Waals surface area (Å²) in [6.07, 6.45) is -0.894. The lowest BCUT2D eigenvalue weighted by Gasteiger charge is -2.40. The van der Waals surface area contributed by atoms with Crippen LogP contribution in [0.5, 0.6) is 0 Å². The Labute approximate surface area is 210 Å². The summed E-state index contributed by atoms with van der Waals surface area (Å²) >= 11 is 9.54. The number of hydrogen-bond donors (Lipinski definition) is 1. The molecule has 0 saturated heterocycles. The summed E-state index contributed by atoms with van der Waals surface area (Å²) < 4.78 is 11.1. The van der Waals surface area contributed by atoms with E-state index in [9.17, 15) is 19.2 Å². The molecule has 180 valence electrons. The van der Waals surface area contributed by atoms with Gasteiger partial charge in [-0.25, -0.2) is 9.59 Å². The van der Waals surface area contributed by atoms with Gasteiger partial charge in [-0.1, -0.05) is 39.7 Å². The Morgan fingerprint density at radius 2 is 1.82 bits per heavy atom. The number of rotatable bonds is 4. The molecule has 8 nitrogen and oxygen atoms in total. The maximum Gasteiger partial charge on any atom is 0.408 e.